The number of likely N-dealkylation sites (N-methyl/N-ethyl adjacent to an activating group) is 2. The summed E-state index contributed by atoms with van der Waals surface area (Å²) in [6.07, 6.45) is 2.65. The first kappa shape index (κ1) is 11.2. The number of carbonyl (C=O) groups excluding carboxylic acids is 1. The molecule has 0 aromatic carbocycles. The Bertz CT molecular complexity index is 218. The molecule has 1 aliphatic heterocycles. The van der Waals surface area contributed by atoms with Gasteiger partial charge in [-0.25, -0.2) is 0 Å². The second-order valence-corrected chi connectivity index (χ2v) is 3.55. The highest BCUT2D eigenvalue weighted by atomic mass is 16.5. The summed E-state index contributed by atoms with van der Waals surface area (Å²) in [4.78, 5) is 13.4. The molecule has 1 rings (SSSR count). The molecule has 2 atom stereocenters. The van der Waals surface area contributed by atoms with Gasteiger partial charge in [0.2, 0.25) is 5.91 Å². The maximum Gasteiger partial charge on any atom is 0.237 e. The van der Waals surface area contributed by atoms with Gasteiger partial charge < -0.3 is 10.1 Å². The first-order valence-corrected chi connectivity index (χ1v) is 4.83. The van der Waals surface area contributed by atoms with Gasteiger partial charge in [-0.2, -0.15) is 0 Å². The maximum atomic E-state index is 11.4. The fourth-order valence-corrected chi connectivity index (χ4v) is 1.75. The standard InChI is InChI=1S/C10H18N2O2/c1-4-5-14-8-6-9(10(13)11-2)12(3)7-8/h4,8-9H,1,5-7H2,2-3H3,(H,11,13)/t8-,9+/m1/s1. The van der Waals surface area contributed by atoms with E-state index in [9.17, 15) is 4.79 Å². The Balaban J connectivity index is 2.42. The van der Waals surface area contributed by atoms with Crippen molar-refractivity contribution < 1.29 is 9.53 Å². The third kappa shape index (κ3) is 2.56. The van der Waals surface area contributed by atoms with Gasteiger partial charge in [0, 0.05) is 13.6 Å². The van der Waals surface area contributed by atoms with E-state index in [2.05, 4.69) is 11.9 Å². The fourth-order valence-electron chi connectivity index (χ4n) is 1.75. The molecular formula is C10H18N2O2. The van der Waals surface area contributed by atoms with Gasteiger partial charge in [-0.15, -0.1) is 6.58 Å². The molecule has 4 heteroatoms. The van der Waals surface area contributed by atoms with Crippen LogP contribution in [0.1, 0.15) is 6.42 Å². The van der Waals surface area contributed by atoms with Crippen LogP contribution in [0.25, 0.3) is 0 Å². The van der Waals surface area contributed by atoms with Crippen molar-refractivity contribution in [2.75, 3.05) is 27.2 Å². The van der Waals surface area contributed by atoms with Crippen molar-refractivity contribution in [3.63, 3.8) is 0 Å². The van der Waals surface area contributed by atoms with Crippen LogP contribution in [0.15, 0.2) is 12.7 Å². The van der Waals surface area contributed by atoms with Gasteiger partial charge in [0.25, 0.3) is 0 Å². The zero-order valence-electron chi connectivity index (χ0n) is 8.82. The van der Waals surface area contributed by atoms with E-state index >= 15 is 0 Å². The topological polar surface area (TPSA) is 41.6 Å². The number of hydrogen-bond acceptors (Lipinski definition) is 3. The summed E-state index contributed by atoms with van der Waals surface area (Å²) in [5.74, 6) is 0.0669. The molecule has 1 amide bonds. The number of carbonyl (C=O) groups is 1. The van der Waals surface area contributed by atoms with E-state index in [0.717, 1.165) is 13.0 Å². The van der Waals surface area contributed by atoms with Crippen molar-refractivity contribution in [3.8, 4) is 0 Å². The minimum absolute atomic E-state index is 0.0465. The number of rotatable bonds is 4. The summed E-state index contributed by atoms with van der Waals surface area (Å²) in [7, 11) is 3.60. The van der Waals surface area contributed by atoms with Crippen LogP contribution in [0.5, 0.6) is 0 Å². The number of nitrogens with one attached hydrogen (secondary N) is 1. The van der Waals surface area contributed by atoms with Crippen LogP contribution >= 0.6 is 0 Å². The van der Waals surface area contributed by atoms with Crippen molar-refractivity contribution in [2.45, 2.75) is 18.6 Å². The SMILES string of the molecule is C=CCO[C@@H]1C[C@@H](C(=O)NC)N(C)C1. The highest BCUT2D eigenvalue weighted by Gasteiger charge is 2.34. The second-order valence-electron chi connectivity index (χ2n) is 3.55. The molecule has 80 valence electrons. The smallest absolute Gasteiger partial charge is 0.237 e. The van der Waals surface area contributed by atoms with Gasteiger partial charge in [-0.1, -0.05) is 6.08 Å². The first-order chi connectivity index (χ1) is 6.69. The van der Waals surface area contributed by atoms with E-state index < -0.39 is 0 Å². The monoisotopic (exact) mass is 198 g/mol. The summed E-state index contributed by atoms with van der Waals surface area (Å²) in [5, 5.41) is 2.66. The highest BCUT2D eigenvalue weighted by molar-refractivity contribution is 5.81. The Labute approximate surface area is 84.9 Å². The molecule has 0 aromatic rings. The normalized spacial score (nSPS) is 27.6. The fraction of sp³-hybridized carbons (Fsp3) is 0.700. The second kappa shape index (κ2) is 5.12. The average molecular weight is 198 g/mol. The van der Waals surface area contributed by atoms with Gasteiger partial charge in [0.1, 0.15) is 0 Å². The number of amides is 1. The predicted molar refractivity (Wildman–Crippen MR) is 55.0 cm³/mol. The van der Waals surface area contributed by atoms with Crippen LogP contribution in [-0.2, 0) is 9.53 Å². The molecule has 1 heterocycles. The molecule has 0 saturated carbocycles. The van der Waals surface area contributed by atoms with E-state index in [1.54, 1.807) is 13.1 Å². The van der Waals surface area contributed by atoms with Crippen LogP contribution in [0.4, 0.5) is 0 Å². The summed E-state index contributed by atoms with van der Waals surface area (Å²) >= 11 is 0. The predicted octanol–water partition coefficient (Wildman–Crippen LogP) is 0.00770. The molecule has 0 aromatic heterocycles. The molecule has 1 fully saturated rings. The molecule has 1 N–H and O–H groups in total. The van der Waals surface area contributed by atoms with Crippen molar-refractivity contribution in [3.05, 3.63) is 12.7 Å². The highest BCUT2D eigenvalue weighted by Crippen LogP contribution is 2.18. The van der Waals surface area contributed by atoms with Crippen molar-refractivity contribution >= 4 is 5.91 Å². The van der Waals surface area contributed by atoms with Crippen molar-refractivity contribution in [1.29, 1.82) is 0 Å². The summed E-state index contributed by atoms with van der Waals surface area (Å²) in [6, 6.07) is -0.0465. The molecule has 1 saturated heterocycles. The van der Waals surface area contributed by atoms with E-state index in [-0.39, 0.29) is 18.1 Å². The summed E-state index contributed by atoms with van der Waals surface area (Å²) < 4.78 is 5.51. The van der Waals surface area contributed by atoms with Crippen LogP contribution in [0.2, 0.25) is 0 Å². The Morgan fingerprint density at radius 1 is 1.79 bits per heavy atom. The van der Waals surface area contributed by atoms with E-state index in [1.165, 1.54) is 0 Å². The number of ether oxygens (including phenoxy) is 1. The molecule has 0 bridgehead atoms. The molecule has 0 radical (unpaired) electrons. The molecule has 1 aliphatic rings. The van der Waals surface area contributed by atoms with Crippen molar-refractivity contribution in [2.24, 2.45) is 0 Å². The van der Waals surface area contributed by atoms with Gasteiger partial charge in [0.05, 0.1) is 18.8 Å². The average Bonchev–Trinajstić information content (AvgIpc) is 2.55. The summed E-state index contributed by atoms with van der Waals surface area (Å²) in [5.41, 5.74) is 0. The number of hydrogen-bond donors (Lipinski definition) is 1. The lowest BCUT2D eigenvalue weighted by atomic mass is 10.2. The summed E-state index contributed by atoms with van der Waals surface area (Å²) in [6.45, 7) is 4.96. The van der Waals surface area contributed by atoms with Crippen LogP contribution in [0.3, 0.4) is 0 Å². The van der Waals surface area contributed by atoms with Crippen LogP contribution < -0.4 is 5.32 Å². The molecule has 0 unspecified atom stereocenters. The third-order valence-electron chi connectivity index (χ3n) is 2.51. The first-order valence-electron chi connectivity index (χ1n) is 4.83. The molecule has 0 spiro atoms. The van der Waals surface area contributed by atoms with E-state index in [4.69, 9.17) is 4.74 Å². The zero-order chi connectivity index (χ0) is 10.6. The van der Waals surface area contributed by atoms with Gasteiger partial charge >= 0.3 is 0 Å². The Kier molecular flexibility index (Phi) is 4.10. The Morgan fingerprint density at radius 3 is 3.07 bits per heavy atom. The molecule has 14 heavy (non-hydrogen) atoms. The van der Waals surface area contributed by atoms with Crippen molar-refractivity contribution in [1.82, 2.24) is 10.2 Å². The quantitative estimate of drug-likeness (QED) is 0.647. The minimum atomic E-state index is -0.0465. The van der Waals surface area contributed by atoms with Gasteiger partial charge in [-0.05, 0) is 13.5 Å². The van der Waals surface area contributed by atoms with Gasteiger partial charge in [-0.3, -0.25) is 9.69 Å². The number of likely N-dealkylation sites (tertiary alicyclic amines) is 1. The number of nitrogens with zero attached hydrogens (tertiary/aromatic N) is 1. The molecule has 4 nitrogen and oxygen atoms in total. The lowest BCUT2D eigenvalue weighted by Gasteiger charge is -2.16. The molecular weight excluding hydrogens is 180 g/mol. The molecule has 0 aliphatic carbocycles. The largest absolute Gasteiger partial charge is 0.373 e. The van der Waals surface area contributed by atoms with Crippen LogP contribution in [0, 0.1) is 0 Å². The van der Waals surface area contributed by atoms with E-state index in [1.807, 2.05) is 11.9 Å². The third-order valence-corrected chi connectivity index (χ3v) is 2.51. The zero-order valence-corrected chi connectivity index (χ0v) is 8.82. The Morgan fingerprint density at radius 2 is 2.50 bits per heavy atom. The minimum Gasteiger partial charge on any atom is -0.373 e. The Hall–Kier alpha value is -0.870. The maximum absolute atomic E-state index is 11.4. The lowest BCUT2D eigenvalue weighted by molar-refractivity contribution is -0.124. The lowest BCUT2D eigenvalue weighted by Crippen LogP contribution is -2.39. The van der Waals surface area contributed by atoms with Gasteiger partial charge in [0.15, 0.2) is 0 Å². The van der Waals surface area contributed by atoms with Crippen LogP contribution in [-0.4, -0.2) is 50.2 Å². The van der Waals surface area contributed by atoms with E-state index in [0.29, 0.717) is 6.61 Å².